The fourth-order valence-corrected chi connectivity index (χ4v) is 16.9. The Balaban J connectivity index is 0.000000152. The molecule has 15 rings (SSSR count). The molecule has 7 heterocycles. The number of fused-ring (bicyclic) bond motifs is 3. The van der Waals surface area contributed by atoms with Crippen molar-refractivity contribution in [3.05, 3.63) is 196 Å². The molecule has 1 spiro atoms. The smallest absolute Gasteiger partial charge is 0.337 e. The number of allylic oxidation sites excluding steroid dienone is 1. The van der Waals surface area contributed by atoms with Crippen molar-refractivity contribution in [3.8, 4) is 23.0 Å². The molecule has 111 heavy (non-hydrogen) atoms. The fourth-order valence-electron chi connectivity index (χ4n) is 15.8. The van der Waals surface area contributed by atoms with Crippen LogP contribution < -0.4 is 36.8 Å². The van der Waals surface area contributed by atoms with Gasteiger partial charge in [-0.1, -0.05) is 88.0 Å². The van der Waals surface area contributed by atoms with Crippen LogP contribution in [0.25, 0.3) is 11.2 Å². The number of aromatic carboxylic acids is 1. The van der Waals surface area contributed by atoms with Gasteiger partial charge in [0.05, 0.1) is 34.3 Å². The number of rotatable bonds is 16. The molecule has 8 aromatic rings. The van der Waals surface area contributed by atoms with Crippen LogP contribution in [0.15, 0.2) is 172 Å². The van der Waals surface area contributed by atoms with Crippen LogP contribution in [0.4, 0.5) is 21.9 Å². The molecule has 8 N–H and O–H groups in total. The van der Waals surface area contributed by atoms with Crippen LogP contribution in [0, 0.1) is 23.2 Å². The number of carboxylic acids is 1. The summed E-state index contributed by atoms with van der Waals surface area (Å²) in [5.41, 5.74) is 4.25. The van der Waals surface area contributed by atoms with Gasteiger partial charge >= 0.3 is 17.7 Å². The number of ether oxygens (including phenoxy) is 1. The van der Waals surface area contributed by atoms with Crippen LogP contribution in [0.2, 0.25) is 0 Å². The standard InChI is InChI=1S/C20H23NO4.C17H20N2S.C14H23NO.C11H16N2O3.C8H10N4O2.C8H9NO2.C6H5NO2/c22-13-4-3-12-9-15-20(24)6-5-14(23)18-19(20,16(12)17(13)25-18)7-8-21(15)10-11-1-2-11;1-13(18(2)3)12-19-14-8-4-6-10-16(14)20-17-11-7-5-9-15(17)19;1-5-14(11(2)10-15(3)4)12-7-6-8-13(16)9-12;1-4-5-11(6-7(2)3)8(14)12-10(16)13-9(11)15;1-10-4-9-6-5(10)7(13)12(3)8(14)11(6)2;1-6(10)9-7-2-4-8(11)5-3-7;8-6(9)5-2-1-3-7-4-5/h3-4,11,15,18,22,24H,1-2,5-10H2;4-11,13H,12H2,1-3H3;6-9,11,14,16H,5,10H2,1-4H3;4,7H,1,5-6H2,2-3H3,(H2,12,13,14,15,16);4H,1-3H3;2-5,11H,1H3,(H,9,10);1-4H,(H,8,9)/t15-,18+,19+,20-;;11-,14+;;;;/m1.0..../s1. The number of Topliss-reactive ketones (excluding diaryl/α,β-unsaturated/α-hetero) is 1. The highest BCUT2D eigenvalue weighted by Gasteiger charge is 2.73. The number of piperidine rings is 1. The third-order valence-electron chi connectivity index (χ3n) is 21.5. The molecule has 2 saturated carbocycles. The minimum Gasteiger partial charge on any atom is -0.508 e. The van der Waals surface area contributed by atoms with Gasteiger partial charge in [0.1, 0.15) is 16.9 Å². The van der Waals surface area contributed by atoms with E-state index >= 15 is 0 Å². The number of anilines is 3. The second kappa shape index (κ2) is 36.6. The number of amides is 5. The van der Waals surface area contributed by atoms with Crippen LogP contribution in [0.5, 0.6) is 23.0 Å². The van der Waals surface area contributed by atoms with E-state index in [0.29, 0.717) is 65.5 Å². The second-order valence-corrected chi connectivity index (χ2v) is 31.5. The molecule has 7 atom stereocenters. The third kappa shape index (κ3) is 19.1. The number of pyridine rings is 1. The molecule has 592 valence electrons. The Kier molecular flexibility index (Phi) is 27.9. The highest BCUT2D eigenvalue weighted by molar-refractivity contribution is 7.99. The number of urea groups is 1. The van der Waals surface area contributed by atoms with Gasteiger partial charge in [0, 0.05) is 99.6 Å². The van der Waals surface area contributed by atoms with Gasteiger partial charge < -0.3 is 54.9 Å². The molecule has 2 bridgehead atoms. The summed E-state index contributed by atoms with van der Waals surface area (Å²) in [4.78, 5) is 111. The zero-order chi connectivity index (χ0) is 81.0. The van der Waals surface area contributed by atoms with Crippen LogP contribution in [0.1, 0.15) is 126 Å². The Labute approximate surface area is 652 Å². The number of hydrogen-bond donors (Lipinski definition) is 8. The number of imide groups is 2. The number of aromatic hydroxyl groups is 3. The number of benzene rings is 5. The average molecular weight is 1540 g/mol. The number of aryl methyl sites for hydroxylation is 2. The van der Waals surface area contributed by atoms with Crippen molar-refractivity contribution in [2.24, 2.45) is 44.3 Å². The number of aliphatic hydroxyl groups is 1. The lowest BCUT2D eigenvalue weighted by atomic mass is 9.49. The first-order chi connectivity index (χ1) is 52.7. The van der Waals surface area contributed by atoms with Gasteiger partial charge in [0.15, 0.2) is 34.6 Å². The molecule has 7 aliphatic rings. The highest BCUT2D eigenvalue weighted by Crippen LogP contribution is 2.65. The third-order valence-corrected chi connectivity index (χ3v) is 22.6. The molecule has 0 radical (unpaired) electrons. The molecule has 1 unspecified atom stereocenters. The van der Waals surface area contributed by atoms with E-state index in [9.17, 15) is 53.7 Å². The molecular weight excluding hydrogens is 1430 g/mol. The zero-order valence-electron chi connectivity index (χ0n) is 65.6. The predicted molar refractivity (Wildman–Crippen MR) is 429 cm³/mol. The number of nitrogens with zero attached hydrogens (tertiary/aromatic N) is 9. The first-order valence-corrected chi connectivity index (χ1v) is 38.3. The van der Waals surface area contributed by atoms with Crippen molar-refractivity contribution in [3.63, 3.8) is 0 Å². The number of phenols is 3. The predicted octanol–water partition coefficient (Wildman–Crippen LogP) is 10.9. The number of aromatic nitrogens is 5. The Morgan fingerprint density at radius 2 is 1.46 bits per heavy atom. The number of likely N-dealkylation sites (tertiary alicyclic amines) is 1. The molecule has 27 heteroatoms. The number of para-hydroxylation sites is 2. The Hall–Kier alpha value is -10.5. The van der Waals surface area contributed by atoms with E-state index in [1.807, 2.05) is 43.8 Å². The van der Waals surface area contributed by atoms with E-state index in [2.05, 4.69) is 156 Å². The molecule has 4 fully saturated rings. The quantitative estimate of drug-likeness (QED) is 0.0253. The summed E-state index contributed by atoms with van der Waals surface area (Å²) in [6.45, 7) is 19.6. The molecule has 5 amide bonds. The number of hydrogen-bond acceptors (Lipinski definition) is 20. The van der Waals surface area contributed by atoms with Gasteiger partial charge in [-0.25, -0.2) is 19.4 Å². The van der Waals surface area contributed by atoms with Gasteiger partial charge in [0.25, 0.3) is 5.56 Å². The van der Waals surface area contributed by atoms with E-state index in [1.54, 1.807) is 49.0 Å². The van der Waals surface area contributed by atoms with E-state index in [4.69, 9.17) is 14.9 Å². The minimum atomic E-state index is -1.19. The molecule has 2 saturated heterocycles. The van der Waals surface area contributed by atoms with E-state index in [-0.39, 0.29) is 58.4 Å². The Bertz CT molecular complexity index is 4720. The molecule has 5 aromatic carbocycles. The maximum absolute atomic E-state index is 12.7. The summed E-state index contributed by atoms with van der Waals surface area (Å²) in [5, 5.41) is 55.9. The Morgan fingerprint density at radius 3 is 2.01 bits per heavy atom. The van der Waals surface area contributed by atoms with Crippen molar-refractivity contribution in [1.29, 1.82) is 0 Å². The van der Waals surface area contributed by atoms with E-state index < -0.39 is 46.3 Å². The topological polar surface area (TPSA) is 337 Å². The number of imidazole rings is 1. The number of ketones is 1. The van der Waals surface area contributed by atoms with Gasteiger partial charge in [-0.2, -0.15) is 0 Å². The molecule has 3 aliphatic carbocycles. The van der Waals surface area contributed by atoms with Crippen molar-refractivity contribution in [2.45, 2.75) is 144 Å². The number of carboxylic acid groups (broad SMARTS) is 1. The highest BCUT2D eigenvalue weighted by atomic mass is 32.2. The van der Waals surface area contributed by atoms with Crippen molar-refractivity contribution < 1.29 is 59.0 Å². The number of likely N-dealkylation sites (N-methyl/N-ethyl adjacent to an activating group) is 1. The number of carbonyl (C=O) groups excluding carboxylic acids is 5. The average Bonchev–Trinajstić information content (AvgIpc) is 1.55. The van der Waals surface area contributed by atoms with Crippen LogP contribution in [-0.2, 0) is 52.2 Å². The lowest BCUT2D eigenvalue weighted by Crippen LogP contribution is -2.76. The molecule has 4 aliphatic heterocycles. The van der Waals surface area contributed by atoms with Gasteiger partial charge in [-0.3, -0.25) is 53.6 Å². The summed E-state index contributed by atoms with van der Waals surface area (Å²) in [6, 6.07) is 37.8. The van der Waals surface area contributed by atoms with Crippen molar-refractivity contribution >= 4 is 75.5 Å². The van der Waals surface area contributed by atoms with Gasteiger partial charge in [0.2, 0.25) is 17.7 Å². The normalized spacial score (nSPS) is 20.0. The van der Waals surface area contributed by atoms with Gasteiger partial charge in [-0.15, -0.1) is 6.58 Å². The summed E-state index contributed by atoms with van der Waals surface area (Å²) in [7, 11) is 13.3. The van der Waals surface area contributed by atoms with Crippen molar-refractivity contribution in [1.82, 2.24) is 49.0 Å². The fraction of sp³-hybridized carbons (Fsp3) is 0.429. The first-order valence-electron chi connectivity index (χ1n) is 37.5. The van der Waals surface area contributed by atoms with Crippen LogP contribution in [0.3, 0.4) is 0 Å². The van der Waals surface area contributed by atoms with Crippen LogP contribution >= 0.6 is 11.8 Å². The number of carbonyl (C=O) groups is 6. The number of nitrogens with one attached hydrogen (secondary N) is 3. The Morgan fingerprint density at radius 1 is 0.811 bits per heavy atom. The lowest BCUT2D eigenvalue weighted by Gasteiger charge is -2.62. The number of barbiturate groups is 1. The van der Waals surface area contributed by atoms with Crippen molar-refractivity contribution in [2.75, 3.05) is 64.6 Å². The summed E-state index contributed by atoms with van der Waals surface area (Å²) < 4.78 is 10.1. The molecule has 26 nitrogen and oxygen atoms in total. The second-order valence-electron chi connectivity index (χ2n) is 30.4. The molecular formula is C84H106N12O14S. The lowest BCUT2D eigenvalue weighted by molar-refractivity contribution is -0.188. The molecule has 3 aromatic heterocycles. The SMILES string of the molecule is C=CCC1(CC(C)C)C(=O)NC(=O)NC1=O.CC(=O)Nc1ccc(O)cc1.CC(CN1c2ccccc2Sc2ccccc21)N(C)C.CC[C@@H](c1cccc(O)c1)[C@@H](C)CN(C)C.Cn1c(=O)c2c(ncn2C)n(C)c1=O.O=C(O)c1cccnc1.O=C1CC[C@@]2(O)[C@H]3Cc4ccc(O)c5c4[C@@]2(CCN3CC2CC2)[C@H]1O5. The summed E-state index contributed by atoms with van der Waals surface area (Å²) in [5.74, 6) is 1.12. The van der Waals surface area contributed by atoms with E-state index in [1.165, 1.54) is 101 Å². The zero-order valence-corrected chi connectivity index (χ0v) is 66.5. The van der Waals surface area contributed by atoms with E-state index in [0.717, 1.165) is 67.1 Å². The maximum atomic E-state index is 12.7. The first kappa shape index (κ1) is 84.6. The summed E-state index contributed by atoms with van der Waals surface area (Å²) in [6.07, 6.45) is 11.9. The summed E-state index contributed by atoms with van der Waals surface area (Å²) >= 11 is 1.87. The maximum Gasteiger partial charge on any atom is 0.337 e. The monoisotopic (exact) mass is 1540 g/mol. The number of phenolic OH excluding ortho intramolecular Hbond substituents is 3. The minimum absolute atomic E-state index is 0.0454. The van der Waals surface area contributed by atoms with Gasteiger partial charge in [-0.05, 0) is 207 Å². The largest absolute Gasteiger partial charge is 0.508 e. The van der Waals surface area contributed by atoms with Crippen LogP contribution in [-0.4, -0.2) is 178 Å².